The van der Waals surface area contributed by atoms with Crippen LogP contribution in [0.4, 0.5) is 0 Å². The zero-order valence-corrected chi connectivity index (χ0v) is 9.96. The highest BCUT2D eigenvalue weighted by molar-refractivity contribution is 4.81. The zero-order chi connectivity index (χ0) is 10.5. The van der Waals surface area contributed by atoms with Crippen LogP contribution < -0.4 is 5.73 Å². The number of hydrogen-bond acceptors (Lipinski definition) is 2. The molecule has 0 bridgehead atoms. The van der Waals surface area contributed by atoms with Crippen LogP contribution in [0.1, 0.15) is 51.4 Å². The molecular formula is C13H26N2. The molecule has 2 atom stereocenters. The van der Waals surface area contributed by atoms with E-state index in [2.05, 4.69) is 4.90 Å². The van der Waals surface area contributed by atoms with E-state index < -0.39 is 0 Å². The van der Waals surface area contributed by atoms with E-state index >= 15 is 0 Å². The normalized spacial score (nSPS) is 34.2. The lowest BCUT2D eigenvalue weighted by Gasteiger charge is -2.28. The first-order chi connectivity index (χ1) is 7.40. The summed E-state index contributed by atoms with van der Waals surface area (Å²) in [5.41, 5.74) is 5.70. The smallest absolute Gasteiger partial charge is 0.00979 e. The van der Waals surface area contributed by atoms with Crippen molar-refractivity contribution in [2.24, 2.45) is 11.7 Å². The van der Waals surface area contributed by atoms with Gasteiger partial charge in [0.05, 0.1) is 0 Å². The van der Waals surface area contributed by atoms with Crippen molar-refractivity contribution in [1.82, 2.24) is 4.90 Å². The third-order valence-corrected chi connectivity index (χ3v) is 4.24. The van der Waals surface area contributed by atoms with Crippen LogP contribution >= 0.6 is 0 Å². The Morgan fingerprint density at radius 1 is 1.00 bits per heavy atom. The molecule has 0 spiro atoms. The highest BCUT2D eigenvalue weighted by Gasteiger charge is 2.26. The standard InChI is InChI=1S/C13H26N2/c14-8-7-12-5-1-2-6-13(11-12)15-9-3-4-10-15/h12-13H,1-11,14H2. The van der Waals surface area contributed by atoms with Crippen molar-refractivity contribution in [1.29, 1.82) is 0 Å². The topological polar surface area (TPSA) is 29.3 Å². The number of hydrogen-bond donors (Lipinski definition) is 1. The molecule has 2 N–H and O–H groups in total. The lowest BCUT2D eigenvalue weighted by Crippen LogP contribution is -2.33. The number of likely N-dealkylation sites (tertiary alicyclic amines) is 1. The third-order valence-electron chi connectivity index (χ3n) is 4.24. The summed E-state index contributed by atoms with van der Waals surface area (Å²) in [5, 5.41) is 0. The SMILES string of the molecule is NCCC1CCCCC(N2CCCC2)C1. The van der Waals surface area contributed by atoms with E-state index in [9.17, 15) is 0 Å². The molecule has 2 heteroatoms. The molecule has 2 rings (SSSR count). The van der Waals surface area contributed by atoms with Gasteiger partial charge in [0.1, 0.15) is 0 Å². The van der Waals surface area contributed by atoms with E-state index in [-0.39, 0.29) is 0 Å². The van der Waals surface area contributed by atoms with E-state index in [1.54, 1.807) is 0 Å². The molecule has 2 nitrogen and oxygen atoms in total. The Balaban J connectivity index is 1.86. The van der Waals surface area contributed by atoms with Gasteiger partial charge >= 0.3 is 0 Å². The molecule has 0 amide bonds. The average Bonchev–Trinajstić information content (AvgIpc) is 2.67. The highest BCUT2D eigenvalue weighted by atomic mass is 15.2. The second-order valence-corrected chi connectivity index (χ2v) is 5.36. The Hall–Kier alpha value is -0.0800. The molecule has 1 saturated carbocycles. The van der Waals surface area contributed by atoms with E-state index in [1.165, 1.54) is 64.5 Å². The second kappa shape index (κ2) is 5.86. The molecule has 0 aromatic heterocycles. The molecule has 2 aliphatic rings. The lowest BCUT2D eigenvalue weighted by atomic mass is 9.94. The van der Waals surface area contributed by atoms with Gasteiger partial charge in [-0.05, 0) is 57.7 Å². The summed E-state index contributed by atoms with van der Waals surface area (Å²) in [5.74, 6) is 0.920. The van der Waals surface area contributed by atoms with Gasteiger partial charge in [0, 0.05) is 6.04 Å². The molecule has 0 aromatic carbocycles. The van der Waals surface area contributed by atoms with Crippen LogP contribution in [-0.2, 0) is 0 Å². The maximum Gasteiger partial charge on any atom is 0.00979 e. The monoisotopic (exact) mass is 210 g/mol. The minimum Gasteiger partial charge on any atom is -0.330 e. The second-order valence-electron chi connectivity index (χ2n) is 5.36. The average molecular weight is 210 g/mol. The molecule has 2 unspecified atom stereocenters. The molecule has 15 heavy (non-hydrogen) atoms. The summed E-state index contributed by atoms with van der Waals surface area (Å²) in [7, 11) is 0. The molecule has 1 heterocycles. The summed E-state index contributed by atoms with van der Waals surface area (Å²) in [6.07, 6.45) is 11.3. The van der Waals surface area contributed by atoms with Crippen molar-refractivity contribution in [2.45, 2.75) is 57.4 Å². The first-order valence-electron chi connectivity index (χ1n) is 6.84. The highest BCUT2D eigenvalue weighted by Crippen LogP contribution is 2.30. The van der Waals surface area contributed by atoms with Gasteiger partial charge in [-0.15, -0.1) is 0 Å². The molecule has 1 saturated heterocycles. The van der Waals surface area contributed by atoms with Gasteiger partial charge in [-0.2, -0.15) is 0 Å². The van der Waals surface area contributed by atoms with Gasteiger partial charge in [-0.1, -0.05) is 19.3 Å². The zero-order valence-electron chi connectivity index (χ0n) is 9.96. The van der Waals surface area contributed by atoms with Crippen LogP contribution in [0.2, 0.25) is 0 Å². The summed E-state index contributed by atoms with van der Waals surface area (Å²) in [6, 6.07) is 0.895. The van der Waals surface area contributed by atoms with Gasteiger partial charge in [-0.25, -0.2) is 0 Å². The first kappa shape index (κ1) is 11.4. The fourth-order valence-corrected chi connectivity index (χ4v) is 3.37. The maximum atomic E-state index is 5.70. The number of rotatable bonds is 3. The molecule has 1 aliphatic carbocycles. The minimum absolute atomic E-state index is 0.886. The van der Waals surface area contributed by atoms with Gasteiger partial charge in [0.15, 0.2) is 0 Å². The van der Waals surface area contributed by atoms with Gasteiger partial charge in [0.25, 0.3) is 0 Å². The van der Waals surface area contributed by atoms with Gasteiger partial charge in [0.2, 0.25) is 0 Å². The Morgan fingerprint density at radius 2 is 1.73 bits per heavy atom. The van der Waals surface area contributed by atoms with Crippen molar-refractivity contribution in [3.63, 3.8) is 0 Å². The molecule has 1 aliphatic heterocycles. The number of nitrogens with zero attached hydrogens (tertiary/aromatic N) is 1. The van der Waals surface area contributed by atoms with E-state index in [1.807, 2.05) is 0 Å². The van der Waals surface area contributed by atoms with Crippen molar-refractivity contribution in [3.8, 4) is 0 Å². The summed E-state index contributed by atoms with van der Waals surface area (Å²) >= 11 is 0. The molecule has 0 aromatic rings. The van der Waals surface area contributed by atoms with Crippen molar-refractivity contribution in [3.05, 3.63) is 0 Å². The van der Waals surface area contributed by atoms with Gasteiger partial charge < -0.3 is 10.6 Å². The van der Waals surface area contributed by atoms with Crippen LogP contribution in [0.25, 0.3) is 0 Å². The van der Waals surface area contributed by atoms with Crippen LogP contribution in [-0.4, -0.2) is 30.6 Å². The van der Waals surface area contributed by atoms with Crippen LogP contribution in [0, 0.1) is 5.92 Å². The molecule has 88 valence electrons. The van der Waals surface area contributed by atoms with Crippen LogP contribution in [0.15, 0.2) is 0 Å². The summed E-state index contributed by atoms with van der Waals surface area (Å²) in [6.45, 7) is 3.61. The number of nitrogens with two attached hydrogens (primary N) is 1. The van der Waals surface area contributed by atoms with E-state index in [4.69, 9.17) is 5.73 Å². The lowest BCUT2D eigenvalue weighted by molar-refractivity contribution is 0.201. The predicted molar refractivity (Wildman–Crippen MR) is 64.8 cm³/mol. The Labute approximate surface area is 94.2 Å². The fourth-order valence-electron chi connectivity index (χ4n) is 3.37. The largest absolute Gasteiger partial charge is 0.330 e. The Morgan fingerprint density at radius 3 is 2.47 bits per heavy atom. The Kier molecular flexibility index (Phi) is 4.45. The Bertz CT molecular complexity index is 175. The summed E-state index contributed by atoms with van der Waals surface area (Å²) in [4.78, 5) is 2.74. The minimum atomic E-state index is 0.886. The van der Waals surface area contributed by atoms with Crippen LogP contribution in [0.3, 0.4) is 0 Å². The van der Waals surface area contributed by atoms with Gasteiger partial charge in [-0.3, -0.25) is 0 Å². The van der Waals surface area contributed by atoms with Crippen molar-refractivity contribution < 1.29 is 0 Å². The first-order valence-corrected chi connectivity index (χ1v) is 6.84. The van der Waals surface area contributed by atoms with Crippen molar-refractivity contribution >= 4 is 0 Å². The van der Waals surface area contributed by atoms with E-state index in [0.717, 1.165) is 18.5 Å². The fraction of sp³-hybridized carbons (Fsp3) is 1.00. The summed E-state index contributed by atoms with van der Waals surface area (Å²) < 4.78 is 0. The molecule has 0 radical (unpaired) electrons. The molecular weight excluding hydrogens is 184 g/mol. The van der Waals surface area contributed by atoms with E-state index in [0.29, 0.717) is 0 Å². The van der Waals surface area contributed by atoms with Crippen LogP contribution in [0.5, 0.6) is 0 Å². The third kappa shape index (κ3) is 3.18. The maximum absolute atomic E-state index is 5.70. The quantitative estimate of drug-likeness (QED) is 0.725. The molecule has 2 fully saturated rings. The predicted octanol–water partition coefficient (Wildman–Crippen LogP) is 2.38. The van der Waals surface area contributed by atoms with Crippen molar-refractivity contribution in [2.75, 3.05) is 19.6 Å².